The number of nitro benzene ring substituents is 1. The van der Waals surface area contributed by atoms with Gasteiger partial charge in [0.25, 0.3) is 11.6 Å². The highest BCUT2D eigenvalue weighted by Crippen LogP contribution is 2.33. The van der Waals surface area contributed by atoms with E-state index in [1.165, 1.54) is 24.3 Å². The fourth-order valence-electron chi connectivity index (χ4n) is 2.74. The normalized spacial score (nSPS) is 19.3. The van der Waals surface area contributed by atoms with Crippen LogP contribution in [-0.2, 0) is 14.0 Å². The first kappa shape index (κ1) is 20.8. The predicted octanol–water partition coefficient (Wildman–Crippen LogP) is 0.106. The summed E-state index contributed by atoms with van der Waals surface area (Å²) in [5.74, 6) is -0.611. The first-order valence-electron chi connectivity index (χ1n) is 8.83. The standard InChI is InChI=1S/C15H23N6O6P/c22-15(13-1-3-14(4-2-13)21(23)24)16-28(25,17-19-5-9-26-10-6-19)18-20-7-11-27-12-8-20/h1-4H,5-12H2,(H3,16,17,18,22,25). The van der Waals surface area contributed by atoms with Crippen molar-refractivity contribution >= 4 is 19.2 Å². The number of benzene rings is 1. The Morgan fingerprint density at radius 3 is 1.86 bits per heavy atom. The maximum absolute atomic E-state index is 13.5. The van der Waals surface area contributed by atoms with Crippen molar-refractivity contribution in [3.63, 3.8) is 0 Å². The molecule has 0 unspecified atom stereocenters. The number of nitrogens with zero attached hydrogens (tertiary/aromatic N) is 3. The number of non-ortho nitro benzene ring substituents is 1. The zero-order valence-electron chi connectivity index (χ0n) is 15.2. The van der Waals surface area contributed by atoms with Crippen molar-refractivity contribution < 1.29 is 23.8 Å². The predicted molar refractivity (Wildman–Crippen MR) is 99.2 cm³/mol. The van der Waals surface area contributed by atoms with Gasteiger partial charge in [-0.2, -0.15) is 10.4 Å². The molecule has 1 aromatic rings. The number of morpholine rings is 2. The number of ether oxygens (including phenoxy) is 2. The zero-order chi connectivity index (χ0) is 20.0. The molecule has 154 valence electrons. The topological polar surface area (TPSA) is 138 Å². The van der Waals surface area contributed by atoms with E-state index < -0.39 is 18.4 Å². The number of hydrazine groups is 2. The zero-order valence-corrected chi connectivity index (χ0v) is 16.1. The van der Waals surface area contributed by atoms with Gasteiger partial charge in [-0.05, 0) is 12.1 Å². The van der Waals surface area contributed by atoms with Crippen LogP contribution in [0.5, 0.6) is 0 Å². The molecule has 12 nitrogen and oxygen atoms in total. The molecule has 28 heavy (non-hydrogen) atoms. The van der Waals surface area contributed by atoms with Crippen molar-refractivity contribution in [3.05, 3.63) is 39.9 Å². The van der Waals surface area contributed by atoms with E-state index in [-0.39, 0.29) is 11.3 Å². The Morgan fingerprint density at radius 1 is 0.964 bits per heavy atom. The Morgan fingerprint density at radius 2 is 1.43 bits per heavy atom. The number of rotatable bonds is 7. The quantitative estimate of drug-likeness (QED) is 0.320. The summed E-state index contributed by atoms with van der Waals surface area (Å²) in [7, 11) is -3.60. The molecular formula is C15H23N6O6P. The van der Waals surface area contributed by atoms with E-state index in [4.69, 9.17) is 9.47 Å². The second-order valence-electron chi connectivity index (χ2n) is 6.25. The van der Waals surface area contributed by atoms with Crippen LogP contribution >= 0.6 is 7.59 Å². The third-order valence-corrected chi connectivity index (χ3v) is 5.83. The number of carbonyl (C=O) groups is 1. The van der Waals surface area contributed by atoms with Gasteiger partial charge in [-0.3, -0.25) is 24.6 Å². The Bertz CT molecular complexity index is 711. The molecule has 0 atom stereocenters. The number of amides is 1. The molecule has 2 fully saturated rings. The van der Waals surface area contributed by atoms with Crippen LogP contribution in [0.3, 0.4) is 0 Å². The van der Waals surface area contributed by atoms with Crippen LogP contribution in [0, 0.1) is 10.1 Å². The highest BCUT2D eigenvalue weighted by Gasteiger charge is 2.31. The lowest BCUT2D eigenvalue weighted by atomic mass is 10.2. The Labute approximate surface area is 161 Å². The Hall–Kier alpha value is -1.92. The van der Waals surface area contributed by atoms with Crippen molar-refractivity contribution in [2.24, 2.45) is 0 Å². The van der Waals surface area contributed by atoms with E-state index in [1.54, 1.807) is 10.0 Å². The van der Waals surface area contributed by atoms with Crippen LogP contribution in [0.15, 0.2) is 24.3 Å². The molecule has 1 amide bonds. The van der Waals surface area contributed by atoms with E-state index in [1.807, 2.05) is 0 Å². The molecule has 1 aromatic carbocycles. The van der Waals surface area contributed by atoms with Crippen molar-refractivity contribution in [2.75, 3.05) is 52.6 Å². The van der Waals surface area contributed by atoms with Gasteiger partial charge in [0, 0.05) is 43.9 Å². The molecule has 0 saturated carbocycles. The molecule has 13 heteroatoms. The van der Waals surface area contributed by atoms with Crippen LogP contribution in [0.4, 0.5) is 5.69 Å². The number of nitrogens with one attached hydrogen (secondary N) is 3. The van der Waals surface area contributed by atoms with Gasteiger partial charge in [-0.25, -0.2) is 10.0 Å². The minimum atomic E-state index is -3.60. The fraction of sp³-hybridized carbons (Fsp3) is 0.533. The number of hydrogen-bond donors (Lipinski definition) is 3. The highest BCUT2D eigenvalue weighted by atomic mass is 31.2. The Kier molecular flexibility index (Phi) is 7.08. The van der Waals surface area contributed by atoms with Crippen molar-refractivity contribution in [3.8, 4) is 0 Å². The highest BCUT2D eigenvalue weighted by molar-refractivity contribution is 7.58. The molecule has 2 aliphatic rings. The summed E-state index contributed by atoms with van der Waals surface area (Å²) < 4.78 is 24.0. The largest absolute Gasteiger partial charge is 0.379 e. The van der Waals surface area contributed by atoms with Gasteiger partial charge in [0.05, 0.1) is 31.4 Å². The minimum Gasteiger partial charge on any atom is -0.379 e. The van der Waals surface area contributed by atoms with E-state index >= 15 is 0 Å². The molecule has 0 radical (unpaired) electrons. The number of carbonyl (C=O) groups excluding carboxylic acids is 1. The third-order valence-electron chi connectivity index (χ3n) is 4.19. The third kappa shape index (κ3) is 5.79. The molecule has 0 aromatic heterocycles. The van der Waals surface area contributed by atoms with Crippen molar-refractivity contribution in [2.45, 2.75) is 0 Å². The van der Waals surface area contributed by atoms with E-state index in [9.17, 15) is 19.5 Å². The molecule has 3 N–H and O–H groups in total. The lowest BCUT2D eigenvalue weighted by Gasteiger charge is -2.35. The van der Waals surface area contributed by atoms with Gasteiger partial charge in [0.1, 0.15) is 0 Å². The summed E-state index contributed by atoms with van der Waals surface area (Å²) in [5.41, 5.74) is 0.0380. The molecule has 2 heterocycles. The lowest BCUT2D eigenvalue weighted by molar-refractivity contribution is -0.384. The molecular weight excluding hydrogens is 391 g/mol. The first-order chi connectivity index (χ1) is 13.5. The molecule has 2 saturated heterocycles. The van der Waals surface area contributed by atoms with Crippen LogP contribution in [0.25, 0.3) is 0 Å². The lowest BCUT2D eigenvalue weighted by Crippen LogP contribution is -2.53. The second kappa shape index (κ2) is 9.52. The SMILES string of the molecule is O=C(NP(=O)(NN1CCOCC1)NN1CCOCC1)c1ccc([N+](=O)[O-])cc1. The summed E-state index contributed by atoms with van der Waals surface area (Å²) in [6.07, 6.45) is 0. The molecule has 0 bridgehead atoms. The summed E-state index contributed by atoms with van der Waals surface area (Å²) in [6.45, 7) is 4.01. The molecule has 0 aliphatic carbocycles. The van der Waals surface area contributed by atoms with Gasteiger partial charge in [-0.15, -0.1) is 0 Å². The van der Waals surface area contributed by atoms with Crippen LogP contribution < -0.4 is 15.5 Å². The van der Waals surface area contributed by atoms with E-state index in [0.717, 1.165) is 0 Å². The van der Waals surface area contributed by atoms with Gasteiger partial charge in [0.2, 0.25) is 0 Å². The van der Waals surface area contributed by atoms with Crippen LogP contribution in [0.2, 0.25) is 0 Å². The Balaban J connectivity index is 1.71. The van der Waals surface area contributed by atoms with E-state index in [0.29, 0.717) is 52.6 Å². The van der Waals surface area contributed by atoms with Gasteiger partial charge in [0.15, 0.2) is 0 Å². The average Bonchev–Trinajstić information content (AvgIpc) is 2.69. The number of hydrogen-bond acceptors (Lipinski definition) is 8. The maximum atomic E-state index is 13.5. The van der Waals surface area contributed by atoms with Crippen LogP contribution in [0.1, 0.15) is 10.4 Å². The van der Waals surface area contributed by atoms with E-state index in [2.05, 4.69) is 15.5 Å². The van der Waals surface area contributed by atoms with Crippen molar-refractivity contribution in [1.29, 1.82) is 0 Å². The van der Waals surface area contributed by atoms with Gasteiger partial charge >= 0.3 is 7.59 Å². The summed E-state index contributed by atoms with van der Waals surface area (Å²) in [6, 6.07) is 5.10. The van der Waals surface area contributed by atoms with Gasteiger partial charge in [-0.1, -0.05) is 0 Å². The first-order valence-corrected chi connectivity index (χ1v) is 10.5. The monoisotopic (exact) mass is 414 g/mol. The van der Waals surface area contributed by atoms with Gasteiger partial charge < -0.3 is 9.47 Å². The fourth-order valence-corrected chi connectivity index (χ4v) is 4.50. The number of nitro groups is 1. The minimum absolute atomic E-state index is 0.127. The van der Waals surface area contributed by atoms with Crippen LogP contribution in [-0.4, -0.2) is 73.5 Å². The molecule has 3 rings (SSSR count). The second-order valence-corrected chi connectivity index (χ2v) is 8.10. The maximum Gasteiger partial charge on any atom is 0.332 e. The molecule has 0 spiro atoms. The summed E-state index contributed by atoms with van der Waals surface area (Å²) >= 11 is 0. The summed E-state index contributed by atoms with van der Waals surface area (Å²) in [5, 5.41) is 22.5. The average molecular weight is 414 g/mol. The smallest absolute Gasteiger partial charge is 0.332 e. The van der Waals surface area contributed by atoms with Crippen molar-refractivity contribution in [1.82, 2.24) is 25.5 Å². The summed E-state index contributed by atoms with van der Waals surface area (Å²) in [4.78, 5) is 22.8. The molecule has 2 aliphatic heterocycles.